The van der Waals surface area contributed by atoms with Gasteiger partial charge in [0.15, 0.2) is 5.78 Å². The molecule has 1 aliphatic carbocycles. The fraction of sp³-hybridized carbons (Fsp3) is 0.727. The van der Waals surface area contributed by atoms with Crippen LogP contribution in [-0.2, 0) is 4.79 Å². The molecule has 0 saturated heterocycles. The van der Waals surface area contributed by atoms with Crippen LogP contribution in [0.15, 0.2) is 11.6 Å². The molecule has 0 bridgehead atoms. The fourth-order valence-corrected chi connectivity index (χ4v) is 2.04. The number of rotatable bonds is 2. The van der Waals surface area contributed by atoms with Crippen LogP contribution in [0, 0.1) is 11.8 Å². The summed E-state index contributed by atoms with van der Waals surface area (Å²) in [5.41, 5.74) is 1.26. The molecule has 0 unspecified atom stereocenters. The third-order valence-electron chi connectivity index (χ3n) is 2.31. The molecule has 0 radical (unpaired) electrons. The van der Waals surface area contributed by atoms with Gasteiger partial charge in [0.25, 0.3) is 0 Å². The SMILES string of the molecule is CC1=CC(=O)C[C@H](CC(C)C)C1. The van der Waals surface area contributed by atoms with Crippen LogP contribution in [0.2, 0.25) is 0 Å². The number of carbonyl (C=O) groups is 1. The van der Waals surface area contributed by atoms with Crippen LogP contribution < -0.4 is 0 Å². The summed E-state index contributed by atoms with van der Waals surface area (Å²) in [6.45, 7) is 6.50. The summed E-state index contributed by atoms with van der Waals surface area (Å²) in [6, 6.07) is 0. The van der Waals surface area contributed by atoms with Crippen LogP contribution >= 0.6 is 0 Å². The van der Waals surface area contributed by atoms with E-state index in [1.54, 1.807) is 6.08 Å². The predicted molar refractivity (Wildman–Crippen MR) is 50.9 cm³/mol. The fourth-order valence-electron chi connectivity index (χ4n) is 2.04. The van der Waals surface area contributed by atoms with Crippen molar-refractivity contribution in [1.82, 2.24) is 0 Å². The van der Waals surface area contributed by atoms with Gasteiger partial charge in [0.2, 0.25) is 0 Å². The van der Waals surface area contributed by atoms with E-state index < -0.39 is 0 Å². The van der Waals surface area contributed by atoms with Crippen molar-refractivity contribution in [1.29, 1.82) is 0 Å². The molecule has 1 aliphatic rings. The van der Waals surface area contributed by atoms with Crippen LogP contribution in [0.3, 0.4) is 0 Å². The summed E-state index contributed by atoms with van der Waals surface area (Å²) in [4.78, 5) is 11.2. The van der Waals surface area contributed by atoms with Crippen molar-refractivity contribution >= 4 is 5.78 Å². The van der Waals surface area contributed by atoms with E-state index in [0.29, 0.717) is 17.6 Å². The molecular weight excluding hydrogens is 148 g/mol. The minimum absolute atomic E-state index is 0.324. The maximum absolute atomic E-state index is 11.2. The van der Waals surface area contributed by atoms with E-state index in [1.807, 2.05) is 0 Å². The average Bonchev–Trinajstić information content (AvgIpc) is 1.81. The van der Waals surface area contributed by atoms with E-state index in [0.717, 1.165) is 12.8 Å². The van der Waals surface area contributed by atoms with E-state index in [-0.39, 0.29) is 0 Å². The second kappa shape index (κ2) is 3.88. The van der Waals surface area contributed by atoms with Gasteiger partial charge in [-0.25, -0.2) is 0 Å². The molecule has 0 heterocycles. The normalized spacial score (nSPS) is 24.5. The van der Waals surface area contributed by atoms with Gasteiger partial charge in [-0.2, -0.15) is 0 Å². The molecule has 1 atom stereocenters. The Bertz CT molecular complexity index is 201. The molecule has 68 valence electrons. The molecule has 0 saturated carbocycles. The largest absolute Gasteiger partial charge is 0.295 e. The Kier molecular flexibility index (Phi) is 3.07. The minimum atomic E-state index is 0.324. The third-order valence-corrected chi connectivity index (χ3v) is 2.31. The number of allylic oxidation sites excluding steroid dienone is 2. The monoisotopic (exact) mass is 166 g/mol. The van der Waals surface area contributed by atoms with Gasteiger partial charge in [0.1, 0.15) is 0 Å². The maximum Gasteiger partial charge on any atom is 0.155 e. The molecule has 1 nitrogen and oxygen atoms in total. The molecule has 0 spiro atoms. The van der Waals surface area contributed by atoms with Gasteiger partial charge in [-0.05, 0) is 37.7 Å². The molecule has 12 heavy (non-hydrogen) atoms. The second-order valence-electron chi connectivity index (χ2n) is 4.36. The van der Waals surface area contributed by atoms with Crippen molar-refractivity contribution in [2.45, 2.75) is 40.0 Å². The van der Waals surface area contributed by atoms with Crippen LogP contribution in [0.1, 0.15) is 40.0 Å². The Hall–Kier alpha value is -0.590. The van der Waals surface area contributed by atoms with E-state index >= 15 is 0 Å². The zero-order chi connectivity index (χ0) is 9.14. The smallest absolute Gasteiger partial charge is 0.155 e. The lowest BCUT2D eigenvalue weighted by atomic mass is 9.83. The van der Waals surface area contributed by atoms with Gasteiger partial charge in [-0.3, -0.25) is 4.79 Å². The first-order valence-corrected chi connectivity index (χ1v) is 4.78. The van der Waals surface area contributed by atoms with E-state index in [1.165, 1.54) is 12.0 Å². The Morgan fingerprint density at radius 1 is 1.50 bits per heavy atom. The zero-order valence-corrected chi connectivity index (χ0v) is 8.26. The topological polar surface area (TPSA) is 17.1 Å². The summed E-state index contributed by atoms with van der Waals surface area (Å²) in [6.07, 6.45) is 4.90. The molecule has 0 amide bonds. The molecule has 0 aromatic carbocycles. The van der Waals surface area contributed by atoms with Gasteiger partial charge in [-0.15, -0.1) is 0 Å². The average molecular weight is 166 g/mol. The van der Waals surface area contributed by atoms with Gasteiger partial charge in [0, 0.05) is 6.42 Å². The lowest BCUT2D eigenvalue weighted by Crippen LogP contribution is -2.14. The molecular formula is C11H18O. The van der Waals surface area contributed by atoms with Crippen LogP contribution in [-0.4, -0.2) is 5.78 Å². The molecule has 0 aliphatic heterocycles. The van der Waals surface area contributed by atoms with Crippen molar-refractivity contribution in [3.8, 4) is 0 Å². The highest BCUT2D eigenvalue weighted by molar-refractivity contribution is 5.91. The van der Waals surface area contributed by atoms with Gasteiger partial charge in [0.05, 0.1) is 0 Å². The summed E-state index contributed by atoms with van der Waals surface area (Å²) < 4.78 is 0. The third kappa shape index (κ3) is 2.80. The highest BCUT2D eigenvalue weighted by Crippen LogP contribution is 2.27. The predicted octanol–water partition coefficient (Wildman–Crippen LogP) is 2.96. The van der Waals surface area contributed by atoms with Gasteiger partial charge in [-0.1, -0.05) is 19.4 Å². The molecule has 0 aromatic rings. The Morgan fingerprint density at radius 2 is 2.17 bits per heavy atom. The van der Waals surface area contributed by atoms with Crippen LogP contribution in [0.4, 0.5) is 0 Å². The quantitative estimate of drug-likeness (QED) is 0.616. The zero-order valence-electron chi connectivity index (χ0n) is 8.26. The molecule has 0 N–H and O–H groups in total. The summed E-state index contributed by atoms with van der Waals surface area (Å²) in [5.74, 6) is 1.65. The Morgan fingerprint density at radius 3 is 2.67 bits per heavy atom. The summed E-state index contributed by atoms with van der Waals surface area (Å²) >= 11 is 0. The van der Waals surface area contributed by atoms with Gasteiger partial charge < -0.3 is 0 Å². The van der Waals surface area contributed by atoms with Crippen molar-refractivity contribution in [3.63, 3.8) is 0 Å². The summed E-state index contributed by atoms with van der Waals surface area (Å²) in [5, 5.41) is 0. The number of hydrogen-bond donors (Lipinski definition) is 0. The number of ketones is 1. The lowest BCUT2D eigenvalue weighted by Gasteiger charge is -2.21. The van der Waals surface area contributed by atoms with Crippen LogP contribution in [0.25, 0.3) is 0 Å². The van der Waals surface area contributed by atoms with E-state index in [4.69, 9.17) is 0 Å². The highest BCUT2D eigenvalue weighted by Gasteiger charge is 2.19. The van der Waals surface area contributed by atoms with Gasteiger partial charge >= 0.3 is 0 Å². The van der Waals surface area contributed by atoms with Crippen molar-refractivity contribution in [2.75, 3.05) is 0 Å². The molecule has 0 fully saturated rings. The Balaban J connectivity index is 2.50. The Labute approximate surface area is 74.9 Å². The first-order valence-electron chi connectivity index (χ1n) is 4.78. The van der Waals surface area contributed by atoms with E-state index in [2.05, 4.69) is 20.8 Å². The maximum atomic E-state index is 11.2. The highest BCUT2D eigenvalue weighted by atomic mass is 16.1. The second-order valence-corrected chi connectivity index (χ2v) is 4.36. The molecule has 1 rings (SSSR count). The standard InChI is InChI=1S/C11H18O/c1-8(2)4-10-5-9(3)6-11(12)7-10/h6,8,10H,4-5,7H2,1-3H3/t10-/m1/s1. The van der Waals surface area contributed by atoms with E-state index in [9.17, 15) is 4.79 Å². The molecule has 1 heteroatoms. The molecule has 0 aromatic heterocycles. The minimum Gasteiger partial charge on any atom is -0.295 e. The number of hydrogen-bond acceptors (Lipinski definition) is 1. The van der Waals surface area contributed by atoms with Crippen molar-refractivity contribution in [2.24, 2.45) is 11.8 Å². The van der Waals surface area contributed by atoms with Crippen molar-refractivity contribution < 1.29 is 4.79 Å². The first-order chi connectivity index (χ1) is 5.58. The van der Waals surface area contributed by atoms with Crippen molar-refractivity contribution in [3.05, 3.63) is 11.6 Å². The first kappa shape index (κ1) is 9.50. The lowest BCUT2D eigenvalue weighted by molar-refractivity contribution is -0.116. The van der Waals surface area contributed by atoms with Crippen LogP contribution in [0.5, 0.6) is 0 Å². The summed E-state index contributed by atoms with van der Waals surface area (Å²) in [7, 11) is 0. The number of carbonyl (C=O) groups excluding carboxylic acids is 1.